The Morgan fingerprint density at radius 1 is 1.30 bits per heavy atom. The summed E-state index contributed by atoms with van der Waals surface area (Å²) in [5.74, 6) is -0.293. The first kappa shape index (κ1) is 20.0. The molecule has 0 saturated carbocycles. The number of carbonyl (C=O) groups is 1. The predicted molar refractivity (Wildman–Crippen MR) is 105 cm³/mol. The molecule has 2 saturated heterocycles. The van der Waals surface area contributed by atoms with Crippen LogP contribution >= 0.6 is 0 Å². The molecule has 0 aliphatic carbocycles. The predicted octanol–water partition coefficient (Wildman–Crippen LogP) is 0.658. The molecule has 27 heavy (non-hydrogen) atoms. The number of nitrogens with zero attached hydrogens (tertiary/aromatic N) is 2. The molecule has 2 aliphatic rings. The first-order valence-corrected chi connectivity index (χ1v) is 10.2. The highest BCUT2D eigenvalue weighted by atomic mass is 16.3. The van der Waals surface area contributed by atoms with E-state index in [4.69, 9.17) is 0 Å². The third-order valence-corrected chi connectivity index (χ3v) is 5.90. The summed E-state index contributed by atoms with van der Waals surface area (Å²) in [7, 11) is 0. The Morgan fingerprint density at radius 3 is 2.81 bits per heavy atom. The van der Waals surface area contributed by atoms with Gasteiger partial charge in [-0.25, -0.2) is 0 Å². The van der Waals surface area contributed by atoms with Crippen LogP contribution in [0.1, 0.15) is 54.1 Å². The molecule has 3 N–H and O–H groups in total. The van der Waals surface area contributed by atoms with E-state index in [-0.39, 0.29) is 35.7 Å². The largest absolute Gasteiger partial charge is 0.395 e. The summed E-state index contributed by atoms with van der Waals surface area (Å²) in [5, 5.41) is 15.7. The van der Waals surface area contributed by atoms with Gasteiger partial charge in [-0.2, -0.15) is 0 Å². The van der Waals surface area contributed by atoms with Crippen LogP contribution < -0.4 is 16.2 Å². The highest BCUT2D eigenvalue weighted by Gasteiger charge is 2.23. The highest BCUT2D eigenvalue weighted by Crippen LogP contribution is 2.18. The number of aryl methyl sites for hydroxylation is 1. The highest BCUT2D eigenvalue weighted by molar-refractivity contribution is 5.95. The van der Waals surface area contributed by atoms with Crippen LogP contribution in [0.3, 0.4) is 0 Å². The zero-order chi connectivity index (χ0) is 19.2. The number of carbonyl (C=O) groups excluding carboxylic acids is 1. The summed E-state index contributed by atoms with van der Waals surface area (Å²) < 4.78 is 1.73. The van der Waals surface area contributed by atoms with Crippen molar-refractivity contribution in [2.45, 2.75) is 51.1 Å². The summed E-state index contributed by atoms with van der Waals surface area (Å²) in [6.07, 6.45) is 6.91. The second-order valence-corrected chi connectivity index (χ2v) is 7.69. The first-order valence-electron chi connectivity index (χ1n) is 10.2. The van der Waals surface area contributed by atoms with Crippen molar-refractivity contribution in [3.63, 3.8) is 0 Å². The van der Waals surface area contributed by atoms with Gasteiger partial charge in [0.2, 0.25) is 0 Å². The SMILES string of the molecule is Cc1ccn(C2CCNCC2)c(=O)c1C(=O)NCCN1CCCCC1CO. The van der Waals surface area contributed by atoms with Gasteiger partial charge in [0.25, 0.3) is 11.5 Å². The Kier molecular flexibility index (Phi) is 7.04. The monoisotopic (exact) mass is 376 g/mol. The Labute approximate surface area is 160 Å². The lowest BCUT2D eigenvalue weighted by atomic mass is 10.0. The van der Waals surface area contributed by atoms with Gasteiger partial charge < -0.3 is 20.3 Å². The van der Waals surface area contributed by atoms with Crippen molar-refractivity contribution in [2.75, 3.05) is 39.3 Å². The maximum absolute atomic E-state index is 12.9. The van der Waals surface area contributed by atoms with Crippen LogP contribution in [0.15, 0.2) is 17.1 Å². The summed E-state index contributed by atoms with van der Waals surface area (Å²) in [5.41, 5.74) is 0.785. The lowest BCUT2D eigenvalue weighted by molar-refractivity contribution is 0.0847. The van der Waals surface area contributed by atoms with E-state index < -0.39 is 0 Å². The van der Waals surface area contributed by atoms with Gasteiger partial charge in [0.1, 0.15) is 5.56 Å². The van der Waals surface area contributed by atoms with Crippen molar-refractivity contribution in [1.82, 2.24) is 20.1 Å². The molecular formula is C20H32N4O3. The molecular weight excluding hydrogens is 344 g/mol. The Balaban J connectivity index is 1.64. The lowest BCUT2D eigenvalue weighted by Crippen LogP contribution is -2.46. The van der Waals surface area contributed by atoms with Crippen LogP contribution in [0.4, 0.5) is 0 Å². The van der Waals surface area contributed by atoms with Gasteiger partial charge in [0, 0.05) is 31.4 Å². The van der Waals surface area contributed by atoms with Crippen LogP contribution in [0.5, 0.6) is 0 Å². The number of aromatic nitrogens is 1. The number of aliphatic hydroxyl groups is 1. The van der Waals surface area contributed by atoms with E-state index in [1.165, 1.54) is 0 Å². The number of hydrogen-bond donors (Lipinski definition) is 3. The molecule has 0 spiro atoms. The minimum Gasteiger partial charge on any atom is -0.395 e. The number of nitrogens with one attached hydrogen (secondary N) is 2. The average Bonchev–Trinajstić information content (AvgIpc) is 2.69. The van der Waals surface area contributed by atoms with E-state index in [0.29, 0.717) is 18.7 Å². The van der Waals surface area contributed by atoms with Crippen LogP contribution in [-0.4, -0.2) is 65.9 Å². The molecule has 3 rings (SSSR count). The standard InChI is InChI=1S/C20H32N4O3/c1-15-7-12-24(16-5-8-21-9-6-16)20(27)18(15)19(26)22-10-13-23-11-3-2-4-17(23)14-25/h7,12,16-17,21,25H,2-6,8-11,13-14H2,1H3,(H,22,26). The Bertz CT molecular complexity index is 697. The van der Waals surface area contributed by atoms with Crippen molar-refractivity contribution in [3.8, 4) is 0 Å². The fourth-order valence-corrected chi connectivity index (χ4v) is 4.25. The summed E-state index contributed by atoms with van der Waals surface area (Å²) >= 11 is 0. The molecule has 1 aromatic heterocycles. The number of amides is 1. The van der Waals surface area contributed by atoms with Gasteiger partial charge in [0.15, 0.2) is 0 Å². The zero-order valence-corrected chi connectivity index (χ0v) is 16.2. The minimum absolute atomic E-state index is 0.157. The fraction of sp³-hybridized carbons (Fsp3) is 0.700. The van der Waals surface area contributed by atoms with Gasteiger partial charge >= 0.3 is 0 Å². The number of aliphatic hydroxyl groups excluding tert-OH is 1. The second kappa shape index (κ2) is 9.48. The molecule has 1 amide bonds. The number of pyridine rings is 1. The molecule has 1 aromatic rings. The van der Waals surface area contributed by atoms with Crippen LogP contribution in [0.25, 0.3) is 0 Å². The van der Waals surface area contributed by atoms with E-state index in [9.17, 15) is 14.7 Å². The molecule has 1 atom stereocenters. The fourth-order valence-electron chi connectivity index (χ4n) is 4.25. The molecule has 1 unspecified atom stereocenters. The quantitative estimate of drug-likeness (QED) is 0.679. The number of likely N-dealkylation sites (tertiary alicyclic amines) is 1. The smallest absolute Gasteiger partial charge is 0.263 e. The van der Waals surface area contributed by atoms with E-state index >= 15 is 0 Å². The van der Waals surface area contributed by atoms with Gasteiger partial charge in [0.05, 0.1) is 6.61 Å². The molecule has 2 fully saturated rings. The Morgan fingerprint density at radius 2 is 2.07 bits per heavy atom. The van der Waals surface area contributed by atoms with E-state index in [1.807, 2.05) is 19.2 Å². The molecule has 7 nitrogen and oxygen atoms in total. The maximum atomic E-state index is 12.9. The van der Waals surface area contributed by atoms with Gasteiger partial charge in [-0.1, -0.05) is 6.42 Å². The summed E-state index contributed by atoms with van der Waals surface area (Å²) in [4.78, 5) is 27.9. The van der Waals surface area contributed by atoms with E-state index in [2.05, 4.69) is 15.5 Å². The Hall–Kier alpha value is -1.70. The van der Waals surface area contributed by atoms with Gasteiger partial charge in [-0.15, -0.1) is 0 Å². The third kappa shape index (κ3) is 4.78. The molecule has 0 radical (unpaired) electrons. The number of piperidine rings is 2. The van der Waals surface area contributed by atoms with Crippen molar-refractivity contribution in [1.29, 1.82) is 0 Å². The van der Waals surface area contributed by atoms with Crippen LogP contribution in [-0.2, 0) is 0 Å². The molecule has 7 heteroatoms. The molecule has 0 bridgehead atoms. The maximum Gasteiger partial charge on any atom is 0.263 e. The summed E-state index contributed by atoms with van der Waals surface area (Å²) in [6.45, 7) is 5.90. The normalized spacial score (nSPS) is 21.9. The van der Waals surface area contributed by atoms with E-state index in [1.54, 1.807) is 4.57 Å². The van der Waals surface area contributed by atoms with Crippen molar-refractivity contribution >= 4 is 5.91 Å². The topological polar surface area (TPSA) is 86.6 Å². The summed E-state index contributed by atoms with van der Waals surface area (Å²) in [6, 6.07) is 2.21. The number of rotatable bonds is 6. The molecule has 3 heterocycles. The zero-order valence-electron chi connectivity index (χ0n) is 16.2. The van der Waals surface area contributed by atoms with Crippen LogP contribution in [0, 0.1) is 6.92 Å². The second-order valence-electron chi connectivity index (χ2n) is 7.69. The van der Waals surface area contributed by atoms with Crippen molar-refractivity contribution in [3.05, 3.63) is 33.7 Å². The van der Waals surface area contributed by atoms with Gasteiger partial charge in [-0.3, -0.25) is 14.5 Å². The molecule has 150 valence electrons. The van der Waals surface area contributed by atoms with Gasteiger partial charge in [-0.05, 0) is 63.9 Å². The number of hydrogen-bond acceptors (Lipinski definition) is 5. The molecule has 2 aliphatic heterocycles. The first-order chi connectivity index (χ1) is 13.1. The third-order valence-electron chi connectivity index (χ3n) is 5.90. The lowest BCUT2D eigenvalue weighted by Gasteiger charge is -2.34. The van der Waals surface area contributed by atoms with E-state index in [0.717, 1.165) is 51.7 Å². The minimum atomic E-state index is -0.293. The van der Waals surface area contributed by atoms with Crippen molar-refractivity contribution in [2.24, 2.45) is 0 Å². The average molecular weight is 377 g/mol. The van der Waals surface area contributed by atoms with Crippen molar-refractivity contribution < 1.29 is 9.90 Å². The molecule has 0 aromatic carbocycles. The van der Waals surface area contributed by atoms with Crippen LogP contribution in [0.2, 0.25) is 0 Å².